The second-order valence-electron chi connectivity index (χ2n) is 5.33. The van der Waals surface area contributed by atoms with Crippen molar-refractivity contribution in [2.24, 2.45) is 0 Å². The highest BCUT2D eigenvalue weighted by Crippen LogP contribution is 2.31. The molecule has 0 saturated carbocycles. The Morgan fingerprint density at radius 1 is 1.17 bits per heavy atom. The molecule has 0 aliphatic heterocycles. The molecule has 0 N–H and O–H groups in total. The third kappa shape index (κ3) is 3.33. The van der Waals surface area contributed by atoms with Crippen LogP contribution in [0.4, 0.5) is 13.2 Å². The number of hydrogen-bond donors (Lipinski definition) is 0. The number of imidazole rings is 1. The summed E-state index contributed by atoms with van der Waals surface area (Å²) in [6, 6.07) is 11.6. The fourth-order valence-electron chi connectivity index (χ4n) is 2.48. The Labute approximate surface area is 141 Å². The molecule has 0 spiro atoms. The van der Waals surface area contributed by atoms with Gasteiger partial charge in [0.2, 0.25) is 5.82 Å². The number of benzene rings is 2. The van der Waals surface area contributed by atoms with E-state index in [2.05, 4.69) is 4.98 Å². The van der Waals surface area contributed by atoms with E-state index in [-0.39, 0.29) is 13.2 Å². The van der Waals surface area contributed by atoms with E-state index in [1.165, 1.54) is 0 Å². The number of fused-ring (bicyclic) bond motifs is 1. The molecular formula is C17H14ClF3N2O. The van der Waals surface area contributed by atoms with Gasteiger partial charge in [0, 0.05) is 5.02 Å². The molecule has 0 unspecified atom stereocenters. The average Bonchev–Trinajstić information content (AvgIpc) is 2.90. The minimum Gasteiger partial charge on any atom is -0.492 e. The standard InChI is InChI=1S/C17H14ClF3N2O/c1-11-10-12(6-7-13(11)18)24-9-8-23-15-5-3-2-4-14(15)22-16(23)17(19,20)21/h2-7,10H,8-9H2,1H3. The van der Waals surface area contributed by atoms with Crippen molar-refractivity contribution in [2.45, 2.75) is 19.6 Å². The topological polar surface area (TPSA) is 27.1 Å². The number of nitrogens with zero attached hydrogens (tertiary/aromatic N) is 2. The number of para-hydroxylation sites is 2. The Kier molecular flexibility index (Phi) is 4.41. The second kappa shape index (κ2) is 6.36. The van der Waals surface area contributed by atoms with Crippen LogP contribution in [0.25, 0.3) is 11.0 Å². The molecule has 1 aromatic heterocycles. The van der Waals surface area contributed by atoms with Crippen LogP contribution in [0.15, 0.2) is 42.5 Å². The van der Waals surface area contributed by atoms with Crippen molar-refractivity contribution in [1.29, 1.82) is 0 Å². The average molecular weight is 355 g/mol. The maximum Gasteiger partial charge on any atom is 0.449 e. The zero-order chi connectivity index (χ0) is 17.3. The van der Waals surface area contributed by atoms with Crippen LogP contribution in [0.1, 0.15) is 11.4 Å². The first-order valence-electron chi connectivity index (χ1n) is 7.27. The predicted molar refractivity (Wildman–Crippen MR) is 86.4 cm³/mol. The molecule has 7 heteroatoms. The van der Waals surface area contributed by atoms with Crippen molar-refractivity contribution in [3.63, 3.8) is 0 Å². The summed E-state index contributed by atoms with van der Waals surface area (Å²) in [6.07, 6.45) is -4.52. The lowest BCUT2D eigenvalue weighted by atomic mass is 10.2. The smallest absolute Gasteiger partial charge is 0.449 e. The lowest BCUT2D eigenvalue weighted by Crippen LogP contribution is -2.18. The fraction of sp³-hybridized carbons (Fsp3) is 0.235. The molecule has 0 saturated heterocycles. The van der Waals surface area contributed by atoms with Crippen LogP contribution in [0.3, 0.4) is 0 Å². The first kappa shape index (κ1) is 16.6. The first-order valence-corrected chi connectivity index (χ1v) is 7.65. The Bertz CT molecular complexity index is 874. The van der Waals surface area contributed by atoms with Gasteiger partial charge in [0.15, 0.2) is 0 Å². The minimum atomic E-state index is -4.52. The number of aromatic nitrogens is 2. The Morgan fingerprint density at radius 2 is 1.92 bits per heavy atom. The van der Waals surface area contributed by atoms with Gasteiger partial charge in [-0.1, -0.05) is 23.7 Å². The van der Waals surface area contributed by atoms with Gasteiger partial charge in [0.05, 0.1) is 17.6 Å². The number of ether oxygens (including phenoxy) is 1. The molecule has 3 rings (SSSR count). The lowest BCUT2D eigenvalue weighted by molar-refractivity contribution is -0.147. The highest BCUT2D eigenvalue weighted by atomic mass is 35.5. The first-order chi connectivity index (χ1) is 11.4. The molecule has 0 bridgehead atoms. The van der Waals surface area contributed by atoms with Crippen LogP contribution in [0.2, 0.25) is 5.02 Å². The third-order valence-electron chi connectivity index (χ3n) is 3.62. The van der Waals surface area contributed by atoms with Crippen LogP contribution < -0.4 is 4.74 Å². The summed E-state index contributed by atoms with van der Waals surface area (Å²) >= 11 is 5.94. The molecule has 0 aliphatic rings. The molecule has 0 amide bonds. The van der Waals surface area contributed by atoms with Crippen molar-refractivity contribution >= 4 is 22.6 Å². The van der Waals surface area contributed by atoms with E-state index in [0.717, 1.165) is 10.1 Å². The zero-order valence-electron chi connectivity index (χ0n) is 12.8. The maximum absolute atomic E-state index is 13.2. The van der Waals surface area contributed by atoms with Crippen molar-refractivity contribution in [3.05, 3.63) is 58.9 Å². The summed E-state index contributed by atoms with van der Waals surface area (Å²) in [5, 5.41) is 0.613. The SMILES string of the molecule is Cc1cc(OCCn2c(C(F)(F)F)nc3ccccc32)ccc1Cl. The van der Waals surface area contributed by atoms with Gasteiger partial charge >= 0.3 is 6.18 Å². The Morgan fingerprint density at radius 3 is 2.62 bits per heavy atom. The molecule has 126 valence electrons. The maximum atomic E-state index is 13.2. The number of halogens is 4. The van der Waals surface area contributed by atoms with Crippen molar-refractivity contribution in [2.75, 3.05) is 6.61 Å². The summed E-state index contributed by atoms with van der Waals surface area (Å²) < 4.78 is 46.3. The van der Waals surface area contributed by atoms with Crippen LogP contribution in [0.5, 0.6) is 5.75 Å². The van der Waals surface area contributed by atoms with E-state index >= 15 is 0 Å². The van der Waals surface area contributed by atoms with E-state index < -0.39 is 12.0 Å². The monoisotopic (exact) mass is 354 g/mol. The van der Waals surface area contributed by atoms with E-state index in [1.807, 2.05) is 6.92 Å². The molecule has 0 fully saturated rings. The number of aryl methyl sites for hydroxylation is 1. The third-order valence-corrected chi connectivity index (χ3v) is 4.05. The molecule has 2 aromatic carbocycles. The van der Waals surface area contributed by atoms with Crippen LogP contribution >= 0.6 is 11.6 Å². The highest BCUT2D eigenvalue weighted by molar-refractivity contribution is 6.31. The van der Waals surface area contributed by atoms with Crippen molar-refractivity contribution in [1.82, 2.24) is 9.55 Å². The van der Waals surface area contributed by atoms with Gasteiger partial charge in [0.25, 0.3) is 0 Å². The van der Waals surface area contributed by atoms with Crippen molar-refractivity contribution in [3.8, 4) is 5.75 Å². The summed E-state index contributed by atoms with van der Waals surface area (Å²) in [4.78, 5) is 3.70. The Hall–Kier alpha value is -2.21. The number of rotatable bonds is 4. The predicted octanol–water partition coefficient (Wildman–Crippen LogP) is 5.10. The van der Waals surface area contributed by atoms with E-state index in [4.69, 9.17) is 16.3 Å². The van der Waals surface area contributed by atoms with Gasteiger partial charge in [0.1, 0.15) is 12.4 Å². The molecule has 0 atom stereocenters. The van der Waals surface area contributed by atoms with Gasteiger partial charge in [-0.15, -0.1) is 0 Å². The molecule has 0 radical (unpaired) electrons. The van der Waals surface area contributed by atoms with Crippen LogP contribution in [0, 0.1) is 6.92 Å². The molecule has 0 aliphatic carbocycles. The molecule has 24 heavy (non-hydrogen) atoms. The van der Waals surface area contributed by atoms with Gasteiger partial charge < -0.3 is 9.30 Å². The summed E-state index contributed by atoms with van der Waals surface area (Å²) in [7, 11) is 0. The minimum absolute atomic E-state index is 0.0387. The van der Waals surface area contributed by atoms with Crippen LogP contribution in [-0.4, -0.2) is 16.2 Å². The number of hydrogen-bond acceptors (Lipinski definition) is 2. The van der Waals surface area contributed by atoms with Crippen LogP contribution in [-0.2, 0) is 12.7 Å². The molecular weight excluding hydrogens is 341 g/mol. The van der Waals surface area contributed by atoms with Crippen molar-refractivity contribution < 1.29 is 17.9 Å². The van der Waals surface area contributed by atoms with E-state index in [0.29, 0.717) is 21.8 Å². The normalized spacial score (nSPS) is 11.9. The zero-order valence-corrected chi connectivity index (χ0v) is 13.5. The van der Waals surface area contributed by atoms with Gasteiger partial charge in [-0.3, -0.25) is 0 Å². The Balaban J connectivity index is 1.82. The van der Waals surface area contributed by atoms with E-state index in [1.54, 1.807) is 42.5 Å². The summed E-state index contributed by atoms with van der Waals surface area (Å²) in [5.41, 5.74) is 1.59. The van der Waals surface area contributed by atoms with E-state index in [9.17, 15) is 13.2 Å². The molecule has 3 aromatic rings. The highest BCUT2D eigenvalue weighted by Gasteiger charge is 2.37. The number of alkyl halides is 3. The largest absolute Gasteiger partial charge is 0.492 e. The summed E-state index contributed by atoms with van der Waals surface area (Å²) in [5.74, 6) is -0.352. The lowest BCUT2D eigenvalue weighted by Gasteiger charge is -2.12. The second-order valence-corrected chi connectivity index (χ2v) is 5.74. The molecule has 1 heterocycles. The fourth-order valence-corrected chi connectivity index (χ4v) is 2.60. The quantitative estimate of drug-likeness (QED) is 0.652. The van der Waals surface area contributed by atoms with Gasteiger partial charge in [-0.05, 0) is 42.8 Å². The molecule has 3 nitrogen and oxygen atoms in total. The van der Waals surface area contributed by atoms with Gasteiger partial charge in [-0.25, -0.2) is 4.98 Å². The summed E-state index contributed by atoms with van der Waals surface area (Å²) in [6.45, 7) is 1.96. The van der Waals surface area contributed by atoms with Gasteiger partial charge in [-0.2, -0.15) is 13.2 Å².